The predicted molar refractivity (Wildman–Crippen MR) is 111 cm³/mol. The van der Waals surface area contributed by atoms with Crippen LogP contribution in [0.25, 0.3) is 21.9 Å². The lowest BCUT2D eigenvalue weighted by Crippen LogP contribution is -1.94. The first-order chi connectivity index (χ1) is 13.0. The van der Waals surface area contributed by atoms with Gasteiger partial charge in [0.15, 0.2) is 11.0 Å². The topological polar surface area (TPSA) is 61.4 Å². The van der Waals surface area contributed by atoms with Gasteiger partial charge in [-0.2, -0.15) is 5.10 Å². The third-order valence-corrected chi connectivity index (χ3v) is 6.20. The van der Waals surface area contributed by atoms with Crippen molar-refractivity contribution in [2.45, 2.75) is 17.0 Å². The van der Waals surface area contributed by atoms with E-state index in [0.717, 1.165) is 32.5 Å². The summed E-state index contributed by atoms with van der Waals surface area (Å²) in [6.07, 6.45) is 7.59. The van der Waals surface area contributed by atoms with Crippen molar-refractivity contribution in [3.63, 3.8) is 0 Å². The monoisotopic (exact) mass is 394 g/mol. The number of fused-ring (bicyclic) bond motifs is 1. The van der Waals surface area contributed by atoms with Crippen molar-refractivity contribution >= 4 is 45.0 Å². The van der Waals surface area contributed by atoms with Gasteiger partial charge in [-0.3, -0.25) is 4.68 Å². The Balaban J connectivity index is 1.55. The molecular weight excluding hydrogens is 376 g/mol. The summed E-state index contributed by atoms with van der Waals surface area (Å²) in [7, 11) is 3.85. The molecule has 27 heavy (non-hydrogen) atoms. The molecule has 0 saturated carbocycles. The lowest BCUT2D eigenvalue weighted by atomic mass is 10.1. The molecule has 3 heterocycles. The van der Waals surface area contributed by atoms with Crippen molar-refractivity contribution in [3.8, 4) is 0 Å². The van der Waals surface area contributed by atoms with Crippen LogP contribution in [-0.2, 0) is 14.1 Å². The van der Waals surface area contributed by atoms with E-state index in [1.165, 1.54) is 10.3 Å². The first-order valence-corrected chi connectivity index (χ1v) is 9.98. The highest BCUT2D eigenvalue weighted by Gasteiger charge is 2.12. The van der Waals surface area contributed by atoms with Gasteiger partial charge < -0.3 is 4.57 Å². The molecule has 0 saturated heterocycles. The normalized spacial score (nSPS) is 11.7. The highest BCUT2D eigenvalue weighted by atomic mass is 32.2. The van der Waals surface area contributed by atoms with Gasteiger partial charge in [-0.25, -0.2) is 4.98 Å². The molecule has 4 aromatic rings. The Hall–Kier alpha value is -2.71. The Bertz CT molecular complexity index is 1160. The maximum absolute atomic E-state index is 4.37. The van der Waals surface area contributed by atoms with E-state index in [9.17, 15) is 0 Å². The molecule has 0 amide bonds. The van der Waals surface area contributed by atoms with Gasteiger partial charge in [-0.05, 0) is 48.0 Å². The molecule has 4 rings (SSSR count). The summed E-state index contributed by atoms with van der Waals surface area (Å²) in [4.78, 5) is 5.53. The van der Waals surface area contributed by atoms with Gasteiger partial charge >= 0.3 is 0 Å². The summed E-state index contributed by atoms with van der Waals surface area (Å²) in [5, 5.41) is 13.6. The van der Waals surface area contributed by atoms with Crippen LogP contribution in [0.3, 0.4) is 0 Å². The van der Waals surface area contributed by atoms with E-state index in [1.54, 1.807) is 34.0 Å². The summed E-state index contributed by atoms with van der Waals surface area (Å²) in [6, 6.07) is 4.28. The van der Waals surface area contributed by atoms with Gasteiger partial charge in [0.05, 0.1) is 21.9 Å². The second-order valence-electron chi connectivity index (χ2n) is 6.20. The number of aromatic nitrogens is 6. The van der Waals surface area contributed by atoms with Gasteiger partial charge in [-0.15, -0.1) is 21.5 Å². The summed E-state index contributed by atoms with van der Waals surface area (Å²) in [5.74, 6) is 0.777. The molecule has 3 aromatic heterocycles. The molecule has 136 valence electrons. The minimum Gasteiger partial charge on any atom is -0.305 e. The van der Waals surface area contributed by atoms with E-state index < -0.39 is 0 Å². The van der Waals surface area contributed by atoms with Crippen LogP contribution in [0.2, 0.25) is 0 Å². The fourth-order valence-electron chi connectivity index (χ4n) is 2.62. The average Bonchev–Trinajstić information content (AvgIpc) is 3.35. The van der Waals surface area contributed by atoms with Crippen molar-refractivity contribution in [3.05, 3.63) is 59.6 Å². The Morgan fingerprint density at radius 1 is 1.26 bits per heavy atom. The van der Waals surface area contributed by atoms with Crippen molar-refractivity contribution in [2.24, 2.45) is 14.1 Å². The van der Waals surface area contributed by atoms with Gasteiger partial charge in [-0.1, -0.05) is 12.7 Å². The number of hydrogen-bond donors (Lipinski definition) is 0. The van der Waals surface area contributed by atoms with E-state index in [-0.39, 0.29) is 0 Å². The van der Waals surface area contributed by atoms with Crippen LogP contribution < -0.4 is 0 Å². The Morgan fingerprint density at radius 3 is 2.89 bits per heavy atom. The first kappa shape index (κ1) is 17.7. The van der Waals surface area contributed by atoms with Crippen LogP contribution in [0, 0.1) is 6.92 Å². The molecule has 0 N–H and O–H groups in total. The van der Waals surface area contributed by atoms with Crippen LogP contribution in [0.15, 0.2) is 52.7 Å². The number of thiazole rings is 1. The van der Waals surface area contributed by atoms with Crippen molar-refractivity contribution in [2.75, 3.05) is 0 Å². The van der Waals surface area contributed by atoms with Gasteiger partial charge in [0, 0.05) is 30.8 Å². The average molecular weight is 395 g/mol. The largest absolute Gasteiger partial charge is 0.305 e. The van der Waals surface area contributed by atoms with Crippen LogP contribution in [-0.4, -0.2) is 29.5 Å². The third-order valence-electron chi connectivity index (χ3n) is 4.21. The van der Waals surface area contributed by atoms with E-state index in [4.69, 9.17) is 0 Å². The number of nitrogens with zero attached hydrogens (tertiary/aromatic N) is 6. The first-order valence-electron chi connectivity index (χ1n) is 8.28. The molecule has 0 bridgehead atoms. The number of hydrogen-bond acceptors (Lipinski definition) is 6. The molecule has 0 radical (unpaired) electrons. The maximum Gasteiger partial charge on any atom is 0.196 e. The van der Waals surface area contributed by atoms with Crippen molar-refractivity contribution < 1.29 is 0 Å². The quantitative estimate of drug-likeness (QED) is 0.471. The Kier molecular flexibility index (Phi) is 4.67. The minimum atomic E-state index is 0.777. The van der Waals surface area contributed by atoms with Crippen molar-refractivity contribution in [1.29, 1.82) is 0 Å². The molecule has 0 spiro atoms. The van der Waals surface area contributed by atoms with Crippen LogP contribution in [0.1, 0.15) is 17.0 Å². The van der Waals surface area contributed by atoms with E-state index in [2.05, 4.69) is 45.9 Å². The maximum atomic E-state index is 4.37. The van der Waals surface area contributed by atoms with E-state index in [0.29, 0.717) is 0 Å². The zero-order valence-corrected chi connectivity index (χ0v) is 16.9. The minimum absolute atomic E-state index is 0.777. The molecule has 0 fully saturated rings. The highest BCUT2D eigenvalue weighted by Crippen LogP contribution is 2.33. The smallest absolute Gasteiger partial charge is 0.196 e. The Morgan fingerprint density at radius 2 is 2.11 bits per heavy atom. The molecule has 1 aromatic carbocycles. The summed E-state index contributed by atoms with van der Waals surface area (Å²) in [5.41, 5.74) is 5.96. The third kappa shape index (κ3) is 3.58. The molecule has 0 atom stereocenters. The van der Waals surface area contributed by atoms with Crippen LogP contribution >= 0.6 is 23.1 Å². The molecule has 6 nitrogen and oxygen atoms in total. The van der Waals surface area contributed by atoms with Gasteiger partial charge in [0.1, 0.15) is 0 Å². The predicted octanol–water partition coefficient (Wildman–Crippen LogP) is 4.34. The number of allylic oxidation sites excluding steroid dienone is 2. The molecule has 0 unspecified atom stereocenters. The summed E-state index contributed by atoms with van der Waals surface area (Å²) in [6.45, 7) is 6.18. The lowest BCUT2D eigenvalue weighted by molar-refractivity contribution is 0.767. The number of aryl methyl sites for hydroxylation is 2. The zero-order valence-electron chi connectivity index (χ0n) is 15.2. The van der Waals surface area contributed by atoms with Gasteiger partial charge in [0.2, 0.25) is 0 Å². The molecule has 8 heteroatoms. The molecular formula is C19H18N6S2. The fourth-order valence-corrected chi connectivity index (χ4v) is 4.29. The number of benzene rings is 1. The van der Waals surface area contributed by atoms with Crippen LogP contribution in [0.4, 0.5) is 0 Å². The second-order valence-corrected chi connectivity index (χ2v) is 8.10. The van der Waals surface area contributed by atoms with Crippen LogP contribution in [0.5, 0.6) is 0 Å². The Labute approximate surface area is 165 Å². The lowest BCUT2D eigenvalue weighted by Gasteiger charge is -2.05. The molecule has 0 aliphatic rings. The molecule has 0 aliphatic heterocycles. The van der Waals surface area contributed by atoms with E-state index in [1.807, 2.05) is 42.5 Å². The fraction of sp³-hybridized carbons (Fsp3) is 0.158. The molecule has 0 aliphatic carbocycles. The zero-order chi connectivity index (χ0) is 19.0. The number of rotatable bonds is 5. The summed E-state index contributed by atoms with van der Waals surface area (Å²) >= 11 is 3.26. The highest BCUT2D eigenvalue weighted by molar-refractivity contribution is 7.99. The summed E-state index contributed by atoms with van der Waals surface area (Å²) < 4.78 is 4.92. The van der Waals surface area contributed by atoms with E-state index >= 15 is 0 Å². The second kappa shape index (κ2) is 7.13. The standard InChI is InChI=1S/C19H18N6S2/c1-12(14-9-21-24(3)10-14)5-6-18-22-23-19(25(18)4)27-16-8-17-15(7-13(16)2)20-11-26-17/h5-11H,1H2,2-4H3/b6-5-. The van der Waals surface area contributed by atoms with Crippen molar-refractivity contribution in [1.82, 2.24) is 29.5 Å². The SMILES string of the molecule is C=C(/C=C\c1nnc(Sc2cc3scnc3cc2C)n1C)c1cnn(C)c1. The van der Waals surface area contributed by atoms with Gasteiger partial charge in [0.25, 0.3) is 0 Å².